The highest BCUT2D eigenvalue weighted by Gasteiger charge is 2.48. The average molecular weight is 256 g/mol. The normalized spacial score (nSPS) is 43.5. The van der Waals surface area contributed by atoms with Crippen LogP contribution in [0, 0.1) is 29.6 Å². The molecule has 4 atom stereocenters. The summed E-state index contributed by atoms with van der Waals surface area (Å²) < 4.78 is 0. The maximum absolute atomic E-state index is 12.0. The first-order valence-corrected chi connectivity index (χ1v) is 7.65. The minimum absolute atomic E-state index is 0.317. The largest absolute Gasteiger partial charge is 0.356 e. The number of rotatable bonds is 4. The molecule has 3 aliphatic carbocycles. The SMILES string of the molecule is O=C(NCC1CCCC1CCl)C1CC2CC2C1. The Balaban J connectivity index is 1.42. The lowest BCUT2D eigenvalue weighted by molar-refractivity contribution is -0.125. The van der Waals surface area contributed by atoms with Crippen molar-refractivity contribution in [2.45, 2.75) is 38.5 Å². The van der Waals surface area contributed by atoms with E-state index in [1.165, 1.54) is 25.7 Å². The van der Waals surface area contributed by atoms with Gasteiger partial charge in [0.15, 0.2) is 0 Å². The van der Waals surface area contributed by atoms with Gasteiger partial charge in [0.2, 0.25) is 5.91 Å². The first-order chi connectivity index (χ1) is 8.28. The second kappa shape index (κ2) is 4.79. The second-order valence-electron chi connectivity index (χ2n) is 6.27. The Kier molecular flexibility index (Phi) is 3.34. The highest BCUT2D eigenvalue weighted by Crippen LogP contribution is 2.54. The molecule has 1 N–H and O–H groups in total. The zero-order valence-electron chi connectivity index (χ0n) is 10.3. The van der Waals surface area contributed by atoms with E-state index < -0.39 is 0 Å². The molecule has 0 aliphatic heterocycles. The molecule has 3 fully saturated rings. The van der Waals surface area contributed by atoms with Crippen LogP contribution < -0.4 is 5.32 Å². The van der Waals surface area contributed by atoms with E-state index >= 15 is 0 Å². The summed E-state index contributed by atoms with van der Waals surface area (Å²) in [5.74, 6) is 4.46. The molecule has 17 heavy (non-hydrogen) atoms. The van der Waals surface area contributed by atoms with Gasteiger partial charge < -0.3 is 5.32 Å². The Morgan fingerprint density at radius 3 is 2.53 bits per heavy atom. The minimum Gasteiger partial charge on any atom is -0.356 e. The molecule has 96 valence electrons. The number of fused-ring (bicyclic) bond motifs is 1. The van der Waals surface area contributed by atoms with E-state index in [1.54, 1.807) is 0 Å². The number of hydrogen-bond donors (Lipinski definition) is 1. The fraction of sp³-hybridized carbons (Fsp3) is 0.929. The van der Waals surface area contributed by atoms with Gasteiger partial charge in [-0.15, -0.1) is 11.6 Å². The third-order valence-electron chi connectivity index (χ3n) is 5.17. The van der Waals surface area contributed by atoms with Crippen LogP contribution in [0.4, 0.5) is 0 Å². The lowest BCUT2D eigenvalue weighted by Gasteiger charge is -2.19. The lowest BCUT2D eigenvalue weighted by atomic mass is 9.97. The van der Waals surface area contributed by atoms with Crippen LogP contribution in [0.1, 0.15) is 38.5 Å². The molecule has 0 aromatic rings. The zero-order chi connectivity index (χ0) is 11.8. The first-order valence-electron chi connectivity index (χ1n) is 7.11. The molecule has 0 spiro atoms. The highest BCUT2D eigenvalue weighted by molar-refractivity contribution is 6.18. The number of hydrogen-bond acceptors (Lipinski definition) is 1. The molecule has 0 heterocycles. The second-order valence-corrected chi connectivity index (χ2v) is 6.58. The van der Waals surface area contributed by atoms with Crippen molar-refractivity contribution in [1.82, 2.24) is 5.32 Å². The van der Waals surface area contributed by atoms with E-state index in [1.807, 2.05) is 0 Å². The van der Waals surface area contributed by atoms with Crippen LogP contribution >= 0.6 is 11.6 Å². The summed E-state index contributed by atoms with van der Waals surface area (Å²) in [5.41, 5.74) is 0. The summed E-state index contributed by atoms with van der Waals surface area (Å²) in [4.78, 5) is 12.0. The van der Waals surface area contributed by atoms with Crippen molar-refractivity contribution in [2.24, 2.45) is 29.6 Å². The molecule has 3 heteroatoms. The molecular weight excluding hydrogens is 234 g/mol. The Morgan fingerprint density at radius 1 is 1.12 bits per heavy atom. The van der Waals surface area contributed by atoms with Crippen molar-refractivity contribution in [3.8, 4) is 0 Å². The average Bonchev–Trinajstić information content (AvgIpc) is 2.81. The topological polar surface area (TPSA) is 29.1 Å². The molecule has 0 aromatic heterocycles. The van der Waals surface area contributed by atoms with Gasteiger partial charge in [-0.25, -0.2) is 0 Å². The smallest absolute Gasteiger partial charge is 0.223 e. The highest BCUT2D eigenvalue weighted by atomic mass is 35.5. The van der Waals surface area contributed by atoms with E-state index in [0.717, 1.165) is 37.1 Å². The van der Waals surface area contributed by atoms with Gasteiger partial charge in [0.25, 0.3) is 0 Å². The summed E-state index contributed by atoms with van der Waals surface area (Å²) in [6.07, 6.45) is 7.47. The van der Waals surface area contributed by atoms with E-state index in [2.05, 4.69) is 5.32 Å². The standard InChI is InChI=1S/C14H22ClNO/c15-7-9-2-1-3-10(9)8-16-14(17)13-5-11-4-12(11)6-13/h9-13H,1-8H2,(H,16,17). The maximum atomic E-state index is 12.0. The predicted octanol–water partition coefficient (Wildman–Crippen LogP) is 2.80. The third-order valence-corrected chi connectivity index (χ3v) is 5.56. The molecule has 0 saturated heterocycles. The monoisotopic (exact) mass is 255 g/mol. The molecule has 1 amide bonds. The molecule has 3 aliphatic rings. The molecule has 0 bridgehead atoms. The van der Waals surface area contributed by atoms with Crippen LogP contribution in [0.15, 0.2) is 0 Å². The van der Waals surface area contributed by atoms with Crippen molar-refractivity contribution < 1.29 is 4.79 Å². The maximum Gasteiger partial charge on any atom is 0.223 e. The van der Waals surface area contributed by atoms with Gasteiger partial charge in [-0.3, -0.25) is 4.79 Å². The van der Waals surface area contributed by atoms with E-state index in [-0.39, 0.29) is 0 Å². The lowest BCUT2D eigenvalue weighted by Crippen LogP contribution is -2.35. The van der Waals surface area contributed by atoms with Gasteiger partial charge in [0.1, 0.15) is 0 Å². The van der Waals surface area contributed by atoms with E-state index in [0.29, 0.717) is 23.7 Å². The molecule has 3 saturated carbocycles. The van der Waals surface area contributed by atoms with Gasteiger partial charge >= 0.3 is 0 Å². The van der Waals surface area contributed by atoms with Crippen molar-refractivity contribution in [1.29, 1.82) is 0 Å². The van der Waals surface area contributed by atoms with Gasteiger partial charge in [-0.2, -0.15) is 0 Å². The Morgan fingerprint density at radius 2 is 1.82 bits per heavy atom. The van der Waals surface area contributed by atoms with Crippen LogP contribution in [0.2, 0.25) is 0 Å². The number of amides is 1. The fourth-order valence-corrected chi connectivity index (χ4v) is 4.30. The molecule has 4 unspecified atom stereocenters. The van der Waals surface area contributed by atoms with Gasteiger partial charge in [-0.05, 0) is 55.8 Å². The molecular formula is C14H22ClNO. The predicted molar refractivity (Wildman–Crippen MR) is 68.9 cm³/mol. The Bertz CT molecular complexity index is 297. The summed E-state index contributed by atoms with van der Waals surface area (Å²) in [5, 5.41) is 3.17. The quantitative estimate of drug-likeness (QED) is 0.769. The van der Waals surface area contributed by atoms with Crippen LogP contribution in [-0.2, 0) is 4.79 Å². The Labute approximate surface area is 108 Å². The zero-order valence-corrected chi connectivity index (χ0v) is 11.1. The minimum atomic E-state index is 0.317. The number of halogens is 1. The first kappa shape index (κ1) is 11.8. The van der Waals surface area contributed by atoms with E-state index in [4.69, 9.17) is 11.6 Å². The molecule has 3 rings (SSSR count). The number of nitrogens with one attached hydrogen (secondary N) is 1. The van der Waals surface area contributed by atoms with Crippen LogP contribution in [0.5, 0.6) is 0 Å². The molecule has 2 nitrogen and oxygen atoms in total. The summed E-state index contributed by atoms with van der Waals surface area (Å²) in [7, 11) is 0. The van der Waals surface area contributed by atoms with Gasteiger partial charge in [-0.1, -0.05) is 6.42 Å². The van der Waals surface area contributed by atoms with Gasteiger partial charge in [0, 0.05) is 18.3 Å². The summed E-state index contributed by atoms with van der Waals surface area (Å²) >= 11 is 5.96. The number of carbonyl (C=O) groups excluding carboxylic acids is 1. The summed E-state index contributed by atoms with van der Waals surface area (Å²) in [6.45, 7) is 0.863. The number of alkyl halides is 1. The van der Waals surface area contributed by atoms with Crippen molar-refractivity contribution >= 4 is 17.5 Å². The van der Waals surface area contributed by atoms with Crippen LogP contribution in [0.25, 0.3) is 0 Å². The third kappa shape index (κ3) is 2.47. The van der Waals surface area contributed by atoms with Crippen molar-refractivity contribution in [3.63, 3.8) is 0 Å². The van der Waals surface area contributed by atoms with Crippen LogP contribution in [-0.4, -0.2) is 18.3 Å². The molecule has 0 aromatic carbocycles. The van der Waals surface area contributed by atoms with Crippen molar-refractivity contribution in [3.05, 3.63) is 0 Å². The van der Waals surface area contributed by atoms with Crippen LogP contribution in [0.3, 0.4) is 0 Å². The Hall–Kier alpha value is -0.240. The summed E-state index contributed by atoms with van der Waals surface area (Å²) in [6, 6.07) is 0. The fourth-order valence-electron chi connectivity index (χ4n) is 3.89. The molecule has 0 radical (unpaired) electrons. The van der Waals surface area contributed by atoms with Gasteiger partial charge in [0.05, 0.1) is 0 Å². The number of carbonyl (C=O) groups is 1. The van der Waals surface area contributed by atoms with Crippen molar-refractivity contribution in [2.75, 3.05) is 12.4 Å². The van der Waals surface area contributed by atoms with E-state index in [9.17, 15) is 4.79 Å².